The van der Waals surface area contributed by atoms with Gasteiger partial charge in [0.15, 0.2) is 0 Å². The minimum atomic E-state index is -4.57. The van der Waals surface area contributed by atoms with Crippen molar-refractivity contribution in [1.82, 2.24) is 9.97 Å². The van der Waals surface area contributed by atoms with E-state index in [1.54, 1.807) is 0 Å². The highest BCUT2D eigenvalue weighted by molar-refractivity contribution is 5.83. The van der Waals surface area contributed by atoms with Crippen LogP contribution in [0.3, 0.4) is 0 Å². The average Bonchev–Trinajstić information content (AvgIpc) is 2.16. The Morgan fingerprint density at radius 2 is 1.93 bits per heavy atom. The van der Waals surface area contributed by atoms with Gasteiger partial charge in [0.2, 0.25) is 5.82 Å². The first-order chi connectivity index (χ1) is 6.98. The van der Waals surface area contributed by atoms with Gasteiger partial charge in [-0.2, -0.15) is 13.2 Å². The molecule has 0 bridgehead atoms. The predicted molar refractivity (Wildman–Crippen MR) is 46.2 cm³/mol. The molecule has 1 heterocycles. The summed E-state index contributed by atoms with van der Waals surface area (Å²) in [5, 5.41) is 9.50. The van der Waals surface area contributed by atoms with Crippen molar-refractivity contribution in [3.8, 4) is 5.75 Å². The number of benzene rings is 1. The van der Waals surface area contributed by atoms with E-state index in [-0.39, 0.29) is 16.7 Å². The summed E-state index contributed by atoms with van der Waals surface area (Å²) in [7, 11) is 0. The molecule has 0 aliphatic rings. The number of halogens is 3. The zero-order chi connectivity index (χ0) is 11.1. The van der Waals surface area contributed by atoms with Gasteiger partial charge in [-0.25, -0.2) is 9.97 Å². The molecule has 0 atom stereocenters. The van der Waals surface area contributed by atoms with Crippen LogP contribution in [0.2, 0.25) is 0 Å². The minimum Gasteiger partial charge on any atom is -0.507 e. The second-order valence-electron chi connectivity index (χ2n) is 2.90. The van der Waals surface area contributed by atoms with E-state index in [9.17, 15) is 18.3 Å². The fraction of sp³-hybridized carbons (Fsp3) is 0.111. The van der Waals surface area contributed by atoms with Gasteiger partial charge in [-0.15, -0.1) is 0 Å². The van der Waals surface area contributed by atoms with Gasteiger partial charge in [0.1, 0.15) is 5.75 Å². The summed E-state index contributed by atoms with van der Waals surface area (Å²) in [5.74, 6) is -1.35. The largest absolute Gasteiger partial charge is 0.507 e. The molecule has 0 aliphatic heterocycles. The summed E-state index contributed by atoms with van der Waals surface area (Å²) in [6, 6.07) is 4.16. The number of phenolic OH excluding ortho intramolecular Hbond substituents is 1. The Bertz CT molecular complexity index is 510. The van der Waals surface area contributed by atoms with Gasteiger partial charge in [0.05, 0.1) is 10.9 Å². The molecular weight excluding hydrogens is 209 g/mol. The first kappa shape index (κ1) is 9.70. The number of alkyl halides is 3. The van der Waals surface area contributed by atoms with E-state index in [2.05, 4.69) is 9.97 Å². The van der Waals surface area contributed by atoms with Crippen LogP contribution in [0.5, 0.6) is 5.75 Å². The predicted octanol–water partition coefficient (Wildman–Crippen LogP) is 2.35. The average molecular weight is 214 g/mol. The van der Waals surface area contributed by atoms with Gasteiger partial charge in [0.25, 0.3) is 0 Å². The van der Waals surface area contributed by atoms with E-state index >= 15 is 0 Å². The van der Waals surface area contributed by atoms with Crippen molar-refractivity contribution in [3.63, 3.8) is 0 Å². The van der Waals surface area contributed by atoms with Crippen LogP contribution >= 0.6 is 0 Å². The number of rotatable bonds is 0. The van der Waals surface area contributed by atoms with Gasteiger partial charge in [-0.3, -0.25) is 0 Å². The fourth-order valence-electron chi connectivity index (χ4n) is 1.18. The smallest absolute Gasteiger partial charge is 0.451 e. The molecule has 0 aliphatic carbocycles. The SMILES string of the molecule is Oc1cccc2nc(C(F)(F)F)ncc12. The lowest BCUT2D eigenvalue weighted by Crippen LogP contribution is -2.10. The van der Waals surface area contributed by atoms with Crippen molar-refractivity contribution in [2.75, 3.05) is 0 Å². The van der Waals surface area contributed by atoms with Gasteiger partial charge in [0, 0.05) is 6.20 Å². The topological polar surface area (TPSA) is 46.0 Å². The third-order valence-electron chi connectivity index (χ3n) is 1.86. The highest BCUT2D eigenvalue weighted by atomic mass is 19.4. The molecule has 2 aromatic rings. The van der Waals surface area contributed by atoms with Crippen LogP contribution < -0.4 is 0 Å². The molecule has 1 N–H and O–H groups in total. The number of nitrogens with zero attached hydrogens (tertiary/aromatic N) is 2. The zero-order valence-electron chi connectivity index (χ0n) is 7.28. The Kier molecular flexibility index (Phi) is 1.99. The number of phenols is 1. The second-order valence-corrected chi connectivity index (χ2v) is 2.90. The molecule has 0 spiro atoms. The Labute approximate surface area is 82.2 Å². The number of aromatic nitrogens is 2. The maximum atomic E-state index is 12.2. The lowest BCUT2D eigenvalue weighted by molar-refractivity contribution is -0.144. The molecule has 0 fully saturated rings. The minimum absolute atomic E-state index is 0.0670. The summed E-state index contributed by atoms with van der Waals surface area (Å²) in [4.78, 5) is 6.45. The summed E-state index contributed by atoms with van der Waals surface area (Å²) >= 11 is 0. The highest BCUT2D eigenvalue weighted by Crippen LogP contribution is 2.29. The van der Waals surface area contributed by atoms with Crippen LogP contribution in [0.25, 0.3) is 10.9 Å². The molecule has 6 heteroatoms. The van der Waals surface area contributed by atoms with Crippen molar-refractivity contribution >= 4 is 10.9 Å². The quantitative estimate of drug-likeness (QED) is 0.732. The van der Waals surface area contributed by atoms with E-state index in [1.165, 1.54) is 18.2 Å². The molecule has 0 radical (unpaired) electrons. The van der Waals surface area contributed by atoms with Crippen molar-refractivity contribution in [2.24, 2.45) is 0 Å². The van der Waals surface area contributed by atoms with Gasteiger partial charge < -0.3 is 5.11 Å². The van der Waals surface area contributed by atoms with Gasteiger partial charge in [-0.05, 0) is 12.1 Å². The molecule has 0 amide bonds. The Morgan fingerprint density at radius 1 is 1.20 bits per heavy atom. The van der Waals surface area contributed by atoms with E-state index in [1.807, 2.05) is 0 Å². The molecule has 1 aromatic carbocycles. The van der Waals surface area contributed by atoms with Gasteiger partial charge >= 0.3 is 6.18 Å². The highest BCUT2D eigenvalue weighted by Gasteiger charge is 2.34. The van der Waals surface area contributed by atoms with Crippen molar-refractivity contribution < 1.29 is 18.3 Å². The van der Waals surface area contributed by atoms with Crippen molar-refractivity contribution in [3.05, 3.63) is 30.2 Å². The normalized spacial score (nSPS) is 11.9. The van der Waals surface area contributed by atoms with E-state index in [0.29, 0.717) is 0 Å². The summed E-state index contributed by atoms with van der Waals surface area (Å²) in [5.41, 5.74) is 0.0670. The molecule has 2 rings (SSSR count). The zero-order valence-corrected chi connectivity index (χ0v) is 7.28. The maximum absolute atomic E-state index is 12.2. The fourth-order valence-corrected chi connectivity index (χ4v) is 1.18. The molecule has 0 unspecified atom stereocenters. The standard InChI is InChI=1S/C9H5F3N2O/c10-9(11,12)8-13-4-5-6(14-8)2-1-3-7(5)15/h1-4,15H. The van der Waals surface area contributed by atoms with Crippen LogP contribution in [-0.4, -0.2) is 15.1 Å². The van der Waals surface area contributed by atoms with Crippen LogP contribution in [0, 0.1) is 0 Å². The van der Waals surface area contributed by atoms with E-state index in [0.717, 1.165) is 6.20 Å². The molecular formula is C9H5F3N2O. The van der Waals surface area contributed by atoms with Crippen LogP contribution in [0.15, 0.2) is 24.4 Å². The van der Waals surface area contributed by atoms with Crippen LogP contribution in [-0.2, 0) is 6.18 Å². The lowest BCUT2D eigenvalue weighted by atomic mass is 10.2. The Morgan fingerprint density at radius 3 is 2.60 bits per heavy atom. The number of hydrogen-bond acceptors (Lipinski definition) is 3. The molecule has 3 nitrogen and oxygen atoms in total. The lowest BCUT2D eigenvalue weighted by Gasteiger charge is -2.05. The third kappa shape index (κ3) is 1.70. The third-order valence-corrected chi connectivity index (χ3v) is 1.86. The first-order valence-corrected chi connectivity index (χ1v) is 4.00. The monoisotopic (exact) mass is 214 g/mol. The van der Waals surface area contributed by atoms with Crippen LogP contribution in [0.1, 0.15) is 5.82 Å². The molecule has 1 aromatic heterocycles. The summed E-state index contributed by atoms with van der Waals surface area (Å²) in [6.07, 6.45) is -3.61. The molecule has 15 heavy (non-hydrogen) atoms. The summed E-state index contributed by atoms with van der Waals surface area (Å²) in [6.45, 7) is 0. The summed E-state index contributed by atoms with van der Waals surface area (Å²) < 4.78 is 36.7. The first-order valence-electron chi connectivity index (χ1n) is 4.00. The van der Waals surface area contributed by atoms with Crippen molar-refractivity contribution in [2.45, 2.75) is 6.18 Å². The van der Waals surface area contributed by atoms with E-state index < -0.39 is 12.0 Å². The number of fused-ring (bicyclic) bond motifs is 1. The van der Waals surface area contributed by atoms with Gasteiger partial charge in [-0.1, -0.05) is 6.07 Å². The number of aromatic hydroxyl groups is 1. The second kappa shape index (κ2) is 3.08. The van der Waals surface area contributed by atoms with Crippen molar-refractivity contribution in [1.29, 1.82) is 0 Å². The van der Waals surface area contributed by atoms with E-state index in [4.69, 9.17) is 0 Å². The number of hydrogen-bond donors (Lipinski definition) is 1. The maximum Gasteiger partial charge on any atom is 0.451 e. The molecule has 0 saturated heterocycles. The Balaban J connectivity index is 2.68. The molecule has 0 saturated carbocycles. The Hall–Kier alpha value is -1.85. The molecule has 78 valence electrons. The van der Waals surface area contributed by atoms with Crippen LogP contribution in [0.4, 0.5) is 13.2 Å².